The summed E-state index contributed by atoms with van der Waals surface area (Å²) in [5, 5.41) is 21.6. The van der Waals surface area contributed by atoms with Crippen LogP contribution in [0.1, 0.15) is 23.1 Å². The number of amides is 1. The molecule has 1 atom stereocenters. The Morgan fingerprint density at radius 3 is 1.97 bits per heavy atom. The highest BCUT2D eigenvalue weighted by molar-refractivity contribution is 5.84. The summed E-state index contributed by atoms with van der Waals surface area (Å²) in [5.74, 6) is -0.489. The number of phenols is 2. The fourth-order valence-electron chi connectivity index (χ4n) is 3.08. The predicted octanol–water partition coefficient (Wildman–Crippen LogP) is 3.50. The van der Waals surface area contributed by atoms with Crippen molar-refractivity contribution in [3.8, 4) is 11.5 Å². The number of aromatic hydroxyl groups is 2. The van der Waals surface area contributed by atoms with Crippen LogP contribution in [-0.2, 0) is 33.8 Å². The van der Waals surface area contributed by atoms with Gasteiger partial charge in [0.15, 0.2) is 0 Å². The van der Waals surface area contributed by atoms with Gasteiger partial charge in [0.1, 0.15) is 24.1 Å². The second kappa shape index (κ2) is 10.8. The standard InChI is InChI=1S/C25H25NO5/c27-21-11-6-18(7-12-21)10-15-24(29)26-23(16-19-8-13-22(28)14-9-19)25(30)31-17-20-4-2-1-3-5-20/h1-9,11-14,23,27-28H,10,15-17H2,(H,26,29)/t23-/m0/s1. The summed E-state index contributed by atoms with van der Waals surface area (Å²) in [7, 11) is 0. The van der Waals surface area contributed by atoms with Crippen LogP contribution in [0.25, 0.3) is 0 Å². The first-order chi connectivity index (χ1) is 15.0. The molecule has 6 nitrogen and oxygen atoms in total. The van der Waals surface area contributed by atoms with Crippen molar-refractivity contribution in [3.05, 3.63) is 95.6 Å². The molecule has 0 saturated carbocycles. The van der Waals surface area contributed by atoms with Crippen LogP contribution in [0, 0.1) is 0 Å². The van der Waals surface area contributed by atoms with Gasteiger partial charge in [-0.25, -0.2) is 4.79 Å². The first-order valence-electron chi connectivity index (χ1n) is 10.1. The molecule has 0 heterocycles. The van der Waals surface area contributed by atoms with Gasteiger partial charge in [-0.15, -0.1) is 0 Å². The van der Waals surface area contributed by atoms with Crippen LogP contribution < -0.4 is 5.32 Å². The van der Waals surface area contributed by atoms with Gasteiger partial charge in [0.05, 0.1) is 0 Å². The van der Waals surface area contributed by atoms with Crippen LogP contribution in [-0.4, -0.2) is 28.1 Å². The third-order valence-electron chi connectivity index (χ3n) is 4.80. The molecule has 0 unspecified atom stereocenters. The molecule has 0 fully saturated rings. The minimum atomic E-state index is -0.847. The Bertz CT molecular complexity index is 985. The van der Waals surface area contributed by atoms with E-state index in [-0.39, 0.29) is 36.9 Å². The smallest absolute Gasteiger partial charge is 0.329 e. The number of benzene rings is 3. The maximum absolute atomic E-state index is 12.7. The van der Waals surface area contributed by atoms with Gasteiger partial charge in [0.2, 0.25) is 5.91 Å². The van der Waals surface area contributed by atoms with E-state index in [1.807, 2.05) is 30.3 Å². The van der Waals surface area contributed by atoms with Crippen molar-refractivity contribution < 1.29 is 24.5 Å². The molecule has 3 rings (SSSR count). The molecule has 1 amide bonds. The topological polar surface area (TPSA) is 95.9 Å². The van der Waals surface area contributed by atoms with Gasteiger partial charge >= 0.3 is 5.97 Å². The Balaban J connectivity index is 1.62. The van der Waals surface area contributed by atoms with Crippen LogP contribution in [0.4, 0.5) is 0 Å². The number of carbonyl (C=O) groups excluding carboxylic acids is 2. The Hall–Kier alpha value is -3.80. The van der Waals surface area contributed by atoms with Crippen LogP contribution in [0.15, 0.2) is 78.9 Å². The van der Waals surface area contributed by atoms with Gasteiger partial charge in [0, 0.05) is 12.8 Å². The van der Waals surface area contributed by atoms with Crippen LogP contribution >= 0.6 is 0 Å². The maximum atomic E-state index is 12.7. The Morgan fingerprint density at radius 2 is 1.35 bits per heavy atom. The highest BCUT2D eigenvalue weighted by Gasteiger charge is 2.23. The summed E-state index contributed by atoms with van der Waals surface area (Å²) in [6.45, 7) is 0.120. The molecule has 3 aromatic rings. The van der Waals surface area contributed by atoms with Crippen molar-refractivity contribution in [2.75, 3.05) is 0 Å². The molecule has 3 aromatic carbocycles. The lowest BCUT2D eigenvalue weighted by atomic mass is 10.0. The van der Waals surface area contributed by atoms with E-state index >= 15 is 0 Å². The summed E-state index contributed by atoms with van der Waals surface area (Å²) >= 11 is 0. The molecule has 0 aliphatic rings. The van der Waals surface area contributed by atoms with Crippen LogP contribution in [0.3, 0.4) is 0 Å². The van der Waals surface area contributed by atoms with E-state index in [0.29, 0.717) is 6.42 Å². The van der Waals surface area contributed by atoms with Crippen molar-refractivity contribution in [2.45, 2.75) is 31.9 Å². The number of phenolic OH excluding ortho intramolecular Hbond substituents is 2. The van der Waals surface area contributed by atoms with Gasteiger partial charge < -0.3 is 20.3 Å². The third-order valence-corrected chi connectivity index (χ3v) is 4.80. The maximum Gasteiger partial charge on any atom is 0.329 e. The Morgan fingerprint density at radius 1 is 0.774 bits per heavy atom. The fourth-order valence-corrected chi connectivity index (χ4v) is 3.08. The third kappa shape index (κ3) is 7.19. The number of hydrogen-bond acceptors (Lipinski definition) is 5. The molecule has 160 valence electrons. The zero-order chi connectivity index (χ0) is 22.1. The van der Waals surface area contributed by atoms with Gasteiger partial charge in [-0.1, -0.05) is 54.6 Å². The quantitative estimate of drug-likeness (QED) is 0.462. The lowest BCUT2D eigenvalue weighted by Gasteiger charge is -2.18. The zero-order valence-corrected chi connectivity index (χ0v) is 17.0. The number of rotatable bonds is 9. The van der Waals surface area contributed by atoms with E-state index in [9.17, 15) is 19.8 Å². The Labute approximate surface area is 181 Å². The molecule has 0 aromatic heterocycles. The molecule has 0 aliphatic carbocycles. The van der Waals surface area contributed by atoms with E-state index < -0.39 is 12.0 Å². The van der Waals surface area contributed by atoms with Crippen molar-refractivity contribution in [1.29, 1.82) is 0 Å². The van der Waals surface area contributed by atoms with Crippen molar-refractivity contribution in [3.63, 3.8) is 0 Å². The number of carbonyl (C=O) groups is 2. The SMILES string of the molecule is O=C(CCc1ccc(O)cc1)N[C@@H](Cc1ccc(O)cc1)C(=O)OCc1ccccc1. The molecule has 0 bridgehead atoms. The molecule has 31 heavy (non-hydrogen) atoms. The van der Waals surface area contributed by atoms with E-state index in [1.54, 1.807) is 36.4 Å². The number of ether oxygens (including phenoxy) is 1. The molecular formula is C25H25NO5. The van der Waals surface area contributed by atoms with Crippen LogP contribution in [0.2, 0.25) is 0 Å². The van der Waals surface area contributed by atoms with Gasteiger partial charge in [0.25, 0.3) is 0 Å². The van der Waals surface area contributed by atoms with Gasteiger partial charge in [-0.2, -0.15) is 0 Å². The van der Waals surface area contributed by atoms with Crippen LogP contribution in [0.5, 0.6) is 11.5 Å². The monoisotopic (exact) mass is 419 g/mol. The van der Waals surface area contributed by atoms with Crippen molar-refractivity contribution in [1.82, 2.24) is 5.32 Å². The predicted molar refractivity (Wildman–Crippen MR) is 116 cm³/mol. The molecule has 3 N–H and O–H groups in total. The number of esters is 1. The largest absolute Gasteiger partial charge is 0.508 e. The molecule has 0 saturated heterocycles. The minimum absolute atomic E-state index is 0.120. The normalized spacial score (nSPS) is 11.5. The Kier molecular flexibility index (Phi) is 7.65. The summed E-state index contributed by atoms with van der Waals surface area (Å²) < 4.78 is 5.43. The number of aryl methyl sites for hydroxylation is 1. The first-order valence-corrected chi connectivity index (χ1v) is 10.1. The fraction of sp³-hybridized carbons (Fsp3) is 0.200. The molecule has 6 heteroatoms. The summed E-state index contributed by atoms with van der Waals surface area (Å²) in [6, 6.07) is 21.6. The van der Waals surface area contributed by atoms with Crippen molar-refractivity contribution >= 4 is 11.9 Å². The average molecular weight is 419 g/mol. The minimum Gasteiger partial charge on any atom is -0.508 e. The number of nitrogens with one attached hydrogen (secondary N) is 1. The number of hydrogen-bond donors (Lipinski definition) is 3. The molecule has 0 radical (unpaired) electrons. The molecular weight excluding hydrogens is 394 g/mol. The van der Waals surface area contributed by atoms with E-state index in [1.165, 1.54) is 12.1 Å². The zero-order valence-electron chi connectivity index (χ0n) is 17.0. The summed E-state index contributed by atoms with van der Waals surface area (Å²) in [5.41, 5.74) is 2.56. The molecule has 0 aliphatic heterocycles. The summed E-state index contributed by atoms with van der Waals surface area (Å²) in [6.07, 6.45) is 0.929. The van der Waals surface area contributed by atoms with Gasteiger partial charge in [-0.05, 0) is 47.4 Å². The highest BCUT2D eigenvalue weighted by atomic mass is 16.5. The van der Waals surface area contributed by atoms with Crippen molar-refractivity contribution in [2.24, 2.45) is 0 Å². The summed E-state index contributed by atoms with van der Waals surface area (Å²) in [4.78, 5) is 25.2. The highest BCUT2D eigenvalue weighted by Crippen LogP contribution is 2.14. The lowest BCUT2D eigenvalue weighted by Crippen LogP contribution is -2.43. The molecule has 0 spiro atoms. The first kappa shape index (κ1) is 21.9. The van der Waals surface area contributed by atoms with E-state index in [0.717, 1.165) is 16.7 Å². The average Bonchev–Trinajstić information content (AvgIpc) is 2.79. The second-order valence-electron chi connectivity index (χ2n) is 7.25. The van der Waals surface area contributed by atoms with Gasteiger partial charge in [-0.3, -0.25) is 4.79 Å². The van der Waals surface area contributed by atoms with E-state index in [4.69, 9.17) is 4.74 Å². The second-order valence-corrected chi connectivity index (χ2v) is 7.25. The van der Waals surface area contributed by atoms with E-state index in [2.05, 4.69) is 5.32 Å². The lowest BCUT2D eigenvalue weighted by molar-refractivity contribution is -0.149.